The van der Waals surface area contributed by atoms with Crippen molar-refractivity contribution in [2.45, 2.75) is 29.6 Å². The Morgan fingerprint density at radius 1 is 1.02 bits per heavy atom. The molecule has 0 spiro atoms. The number of hydrogen-bond acceptors (Lipinski definition) is 10. The second-order valence-electron chi connectivity index (χ2n) is 12.0. The van der Waals surface area contributed by atoms with Crippen LogP contribution >= 0.6 is 0 Å². The monoisotopic (exact) mass is 652 g/mol. The third kappa shape index (κ3) is 5.30. The number of aliphatic hydroxyl groups is 1. The molecule has 2 aromatic heterocycles. The van der Waals surface area contributed by atoms with Crippen molar-refractivity contribution in [3.63, 3.8) is 0 Å². The summed E-state index contributed by atoms with van der Waals surface area (Å²) in [5, 5.41) is 11.7. The number of hydrogen-bond donors (Lipinski definition) is 2. The third-order valence-electron chi connectivity index (χ3n) is 8.82. The van der Waals surface area contributed by atoms with E-state index in [1.165, 1.54) is 12.7 Å². The number of aliphatic hydroxyl groups excluding tert-OH is 1. The van der Waals surface area contributed by atoms with Crippen molar-refractivity contribution in [2.24, 2.45) is 4.99 Å². The first kappa shape index (κ1) is 31.5. The summed E-state index contributed by atoms with van der Waals surface area (Å²) < 4.78 is 32.4. The molecule has 0 radical (unpaired) electrons. The minimum absolute atomic E-state index is 0.0485. The lowest BCUT2D eigenvalue weighted by Gasteiger charge is -2.39. The van der Waals surface area contributed by atoms with Gasteiger partial charge in [-0.25, -0.2) is 9.98 Å². The Morgan fingerprint density at radius 3 is 2.25 bits per heavy atom. The molecule has 2 aliphatic rings. The Labute approximate surface area is 276 Å². The number of aromatic nitrogens is 4. The van der Waals surface area contributed by atoms with Gasteiger partial charge in [-0.05, 0) is 41.0 Å². The number of rotatable bonds is 11. The van der Waals surface area contributed by atoms with Gasteiger partial charge in [-0.1, -0.05) is 54.6 Å². The van der Waals surface area contributed by atoms with E-state index in [2.05, 4.69) is 19.9 Å². The zero-order chi connectivity index (χ0) is 33.5. The van der Waals surface area contributed by atoms with Gasteiger partial charge in [0.15, 0.2) is 17.4 Å². The number of fused-ring (bicyclic) bond motifs is 3. The number of benzene rings is 3. The molecule has 5 aromatic rings. The molecule has 0 unspecified atom stereocenters. The predicted octanol–water partition coefficient (Wildman–Crippen LogP) is 3.39. The Bertz CT molecular complexity index is 1930. The third-order valence-corrected chi connectivity index (χ3v) is 8.82. The molecule has 4 atom stereocenters. The first-order chi connectivity index (χ1) is 23.3. The maximum Gasteiger partial charge on any atom is 0.280 e. The molecule has 2 N–H and O–H groups in total. The molecule has 0 amide bonds. The molecule has 248 valence electrons. The van der Waals surface area contributed by atoms with Gasteiger partial charge < -0.3 is 33.7 Å². The van der Waals surface area contributed by atoms with Crippen molar-refractivity contribution in [3.05, 3.63) is 112 Å². The fraction of sp³-hybridized carbons (Fsp3) is 0.314. The predicted molar refractivity (Wildman–Crippen MR) is 177 cm³/mol. The normalized spacial score (nSPS) is 22.1. The summed E-state index contributed by atoms with van der Waals surface area (Å²) in [5.74, 6) is 1.51. The van der Waals surface area contributed by atoms with E-state index in [1.54, 1.807) is 23.7 Å². The van der Waals surface area contributed by atoms with Crippen molar-refractivity contribution in [2.75, 3.05) is 41.5 Å². The van der Waals surface area contributed by atoms with Gasteiger partial charge in [0.2, 0.25) is 5.95 Å². The van der Waals surface area contributed by atoms with Crippen LogP contribution in [0.2, 0.25) is 0 Å². The Balaban J connectivity index is 1.28. The van der Waals surface area contributed by atoms with Crippen LogP contribution in [0, 0.1) is 0 Å². The highest BCUT2D eigenvalue weighted by Gasteiger charge is 2.63. The lowest BCUT2D eigenvalue weighted by molar-refractivity contribution is -0.202. The first-order valence-electron chi connectivity index (χ1n) is 15.4. The number of methoxy groups -OCH3 is 2. The van der Waals surface area contributed by atoms with Gasteiger partial charge in [-0.2, -0.15) is 4.98 Å². The minimum Gasteiger partial charge on any atom is -0.497 e. The van der Waals surface area contributed by atoms with Crippen molar-refractivity contribution < 1.29 is 28.8 Å². The molecule has 3 aromatic carbocycles. The molecule has 13 heteroatoms. The van der Waals surface area contributed by atoms with Gasteiger partial charge in [0.25, 0.3) is 5.56 Å². The maximum absolute atomic E-state index is 12.8. The van der Waals surface area contributed by atoms with Gasteiger partial charge in [0.05, 0.1) is 40.1 Å². The second-order valence-corrected chi connectivity index (χ2v) is 12.0. The van der Waals surface area contributed by atoms with E-state index < -0.39 is 35.2 Å². The van der Waals surface area contributed by atoms with Gasteiger partial charge in [-0.3, -0.25) is 14.3 Å². The molecule has 2 fully saturated rings. The molecular formula is C35H36N6O7. The number of aromatic amines is 1. The summed E-state index contributed by atoms with van der Waals surface area (Å²) in [6, 6.07) is 25.3. The van der Waals surface area contributed by atoms with E-state index in [9.17, 15) is 9.90 Å². The molecule has 2 aliphatic heterocycles. The van der Waals surface area contributed by atoms with E-state index in [-0.39, 0.29) is 30.3 Å². The fourth-order valence-corrected chi connectivity index (χ4v) is 6.38. The van der Waals surface area contributed by atoms with Crippen LogP contribution in [0.3, 0.4) is 0 Å². The SMILES string of the molecule is COc1ccc(C(OC[C@@]23CO[C@H]([C@H](n4cnc5c(=O)[nH]c(N=CN(C)C)nc54)O2)[C@H]3O)(c2ccccc2)c2ccc(OC)cc2)cc1. The van der Waals surface area contributed by atoms with E-state index >= 15 is 0 Å². The van der Waals surface area contributed by atoms with Crippen molar-refractivity contribution in [1.29, 1.82) is 0 Å². The molecule has 2 saturated heterocycles. The van der Waals surface area contributed by atoms with Crippen molar-refractivity contribution >= 4 is 23.5 Å². The second kappa shape index (κ2) is 12.5. The van der Waals surface area contributed by atoms with Crippen LogP contribution in [0.5, 0.6) is 11.5 Å². The van der Waals surface area contributed by atoms with Crippen LogP contribution in [-0.2, 0) is 19.8 Å². The zero-order valence-corrected chi connectivity index (χ0v) is 26.9. The highest BCUT2D eigenvalue weighted by atomic mass is 16.7. The molecule has 7 rings (SSSR count). The summed E-state index contributed by atoms with van der Waals surface area (Å²) in [4.78, 5) is 30.3. The molecule has 48 heavy (non-hydrogen) atoms. The number of nitrogens with one attached hydrogen (secondary N) is 1. The van der Waals surface area contributed by atoms with E-state index in [4.69, 9.17) is 23.7 Å². The zero-order valence-electron chi connectivity index (χ0n) is 26.9. The first-order valence-corrected chi connectivity index (χ1v) is 15.4. The highest BCUT2D eigenvalue weighted by Crippen LogP contribution is 2.48. The van der Waals surface area contributed by atoms with Gasteiger partial charge >= 0.3 is 0 Å². The Hall–Kier alpha value is -5.08. The van der Waals surface area contributed by atoms with Crippen molar-refractivity contribution in [3.8, 4) is 11.5 Å². The van der Waals surface area contributed by atoms with Crippen LogP contribution in [0.1, 0.15) is 22.9 Å². The van der Waals surface area contributed by atoms with Crippen LogP contribution in [0.4, 0.5) is 5.95 Å². The summed E-state index contributed by atoms with van der Waals surface area (Å²) >= 11 is 0. The van der Waals surface area contributed by atoms with Gasteiger partial charge in [0.1, 0.15) is 34.9 Å². The van der Waals surface area contributed by atoms with E-state index in [1.807, 2.05) is 93.0 Å². The van der Waals surface area contributed by atoms with E-state index in [0.29, 0.717) is 11.5 Å². The van der Waals surface area contributed by atoms with Crippen molar-refractivity contribution in [1.82, 2.24) is 24.4 Å². The highest BCUT2D eigenvalue weighted by molar-refractivity contribution is 5.71. The molecule has 4 heterocycles. The number of aliphatic imine (C=N–C) groups is 1. The molecule has 0 aliphatic carbocycles. The smallest absolute Gasteiger partial charge is 0.280 e. The molecular weight excluding hydrogens is 616 g/mol. The van der Waals surface area contributed by atoms with E-state index in [0.717, 1.165) is 16.7 Å². The summed E-state index contributed by atoms with van der Waals surface area (Å²) in [5.41, 5.74) is 0.0823. The number of ether oxygens (including phenoxy) is 5. The van der Waals surface area contributed by atoms with Crippen LogP contribution in [-0.4, -0.2) is 95.2 Å². The van der Waals surface area contributed by atoms with Crippen LogP contribution in [0.15, 0.2) is 95.0 Å². The van der Waals surface area contributed by atoms with Gasteiger partial charge in [0, 0.05) is 14.1 Å². The maximum atomic E-state index is 12.8. The Morgan fingerprint density at radius 2 is 1.65 bits per heavy atom. The molecule has 2 bridgehead atoms. The molecule has 13 nitrogen and oxygen atoms in total. The van der Waals surface area contributed by atoms with Gasteiger partial charge in [-0.15, -0.1) is 0 Å². The topological polar surface area (TPSA) is 146 Å². The quantitative estimate of drug-likeness (QED) is 0.124. The Kier molecular flexibility index (Phi) is 8.21. The minimum atomic E-state index is -1.25. The number of H-pyrrole nitrogens is 1. The largest absolute Gasteiger partial charge is 0.497 e. The molecule has 0 saturated carbocycles. The number of nitrogens with zero attached hydrogens (tertiary/aromatic N) is 5. The van der Waals surface area contributed by atoms with Crippen LogP contribution in [0.25, 0.3) is 11.2 Å². The number of imidazole rings is 1. The standard InChI is InChI=1S/C35H36N6O7/c1-40(2)20-37-33-38-30-27(31(43)39-33)36-21-41(30)32-28-29(42)34(48-32,18-46-28)19-47-35(22-8-6-5-7-9-22,23-10-14-25(44-3)15-11-23)24-12-16-26(45-4)17-13-24/h5-17,20-21,28-29,32,42H,18-19H2,1-4H3,(H,38,39,43)/t28-,29+,32+,34+/m0/s1. The average molecular weight is 653 g/mol. The average Bonchev–Trinajstić information content (AvgIpc) is 3.77. The van der Waals surface area contributed by atoms with Crippen LogP contribution < -0.4 is 15.0 Å². The lowest BCUT2D eigenvalue weighted by atomic mass is 9.79. The summed E-state index contributed by atoms with van der Waals surface area (Å²) in [6.07, 6.45) is 0.325. The summed E-state index contributed by atoms with van der Waals surface area (Å²) in [6.45, 7) is 0.0393. The summed E-state index contributed by atoms with van der Waals surface area (Å²) in [7, 11) is 6.86. The fourth-order valence-electron chi connectivity index (χ4n) is 6.38. The lowest BCUT2D eigenvalue weighted by Crippen LogP contribution is -2.48.